The Balaban J connectivity index is 1.54. The van der Waals surface area contributed by atoms with Gasteiger partial charge in [-0.25, -0.2) is 4.39 Å². The lowest BCUT2D eigenvalue weighted by atomic mass is 9.77. The van der Waals surface area contributed by atoms with E-state index in [1.54, 1.807) is 6.08 Å². The first-order valence-corrected chi connectivity index (χ1v) is 10.7. The summed E-state index contributed by atoms with van der Waals surface area (Å²) in [7, 11) is 0. The maximum Gasteiger partial charge on any atom is 0.0827 e. The molecule has 1 saturated carbocycles. The first-order chi connectivity index (χ1) is 13.3. The largest absolute Gasteiger partial charge is 0.216 e. The SMILES string of the molecule is CCCCc1ccc(-c2ccc(C3CCC(CCC=CF)CC3)cc2)cc1. The summed E-state index contributed by atoms with van der Waals surface area (Å²) in [5.74, 6) is 1.48. The molecule has 0 amide bonds. The molecular formula is C26H33F. The van der Waals surface area contributed by atoms with Gasteiger partial charge in [0.05, 0.1) is 6.33 Å². The van der Waals surface area contributed by atoms with Crippen molar-refractivity contribution in [3.8, 4) is 11.1 Å². The van der Waals surface area contributed by atoms with Gasteiger partial charge in [-0.15, -0.1) is 0 Å². The first-order valence-electron chi connectivity index (χ1n) is 10.7. The van der Waals surface area contributed by atoms with Crippen LogP contribution in [-0.4, -0.2) is 0 Å². The van der Waals surface area contributed by atoms with Crippen molar-refractivity contribution in [3.63, 3.8) is 0 Å². The summed E-state index contributed by atoms with van der Waals surface area (Å²) in [5, 5.41) is 0. The van der Waals surface area contributed by atoms with Crippen LogP contribution in [0.1, 0.15) is 75.3 Å². The Labute approximate surface area is 164 Å². The van der Waals surface area contributed by atoms with Crippen molar-refractivity contribution in [1.82, 2.24) is 0 Å². The Morgan fingerprint density at radius 2 is 1.52 bits per heavy atom. The van der Waals surface area contributed by atoms with Gasteiger partial charge in [0.15, 0.2) is 0 Å². The van der Waals surface area contributed by atoms with E-state index in [4.69, 9.17) is 0 Å². The van der Waals surface area contributed by atoms with Crippen LogP contribution in [0.2, 0.25) is 0 Å². The van der Waals surface area contributed by atoms with Gasteiger partial charge in [-0.05, 0) is 85.5 Å². The Morgan fingerprint density at radius 1 is 0.889 bits per heavy atom. The third-order valence-electron chi connectivity index (χ3n) is 6.17. The number of halogens is 1. The summed E-state index contributed by atoms with van der Waals surface area (Å²) in [6.07, 6.45) is 13.2. The van der Waals surface area contributed by atoms with Crippen LogP contribution in [0.25, 0.3) is 11.1 Å². The molecule has 0 aromatic heterocycles. The molecule has 1 heteroatoms. The number of hydrogen-bond donors (Lipinski definition) is 0. The van der Waals surface area contributed by atoms with Gasteiger partial charge in [0.2, 0.25) is 0 Å². The third-order valence-corrected chi connectivity index (χ3v) is 6.17. The summed E-state index contributed by atoms with van der Waals surface area (Å²) < 4.78 is 12.1. The molecule has 1 aliphatic rings. The van der Waals surface area contributed by atoms with Crippen molar-refractivity contribution >= 4 is 0 Å². The monoisotopic (exact) mass is 364 g/mol. The van der Waals surface area contributed by atoms with E-state index in [0.717, 1.165) is 18.8 Å². The van der Waals surface area contributed by atoms with Crippen molar-refractivity contribution in [2.75, 3.05) is 0 Å². The molecule has 0 aliphatic heterocycles. The van der Waals surface area contributed by atoms with E-state index in [9.17, 15) is 4.39 Å². The van der Waals surface area contributed by atoms with E-state index in [-0.39, 0.29) is 0 Å². The van der Waals surface area contributed by atoms with E-state index >= 15 is 0 Å². The molecule has 144 valence electrons. The molecule has 0 unspecified atom stereocenters. The predicted octanol–water partition coefficient (Wildman–Crippen LogP) is 8.23. The lowest BCUT2D eigenvalue weighted by Crippen LogP contribution is -2.13. The Bertz CT molecular complexity index is 688. The highest BCUT2D eigenvalue weighted by molar-refractivity contribution is 5.64. The van der Waals surface area contributed by atoms with Crippen molar-refractivity contribution in [2.45, 2.75) is 70.6 Å². The zero-order valence-corrected chi connectivity index (χ0v) is 16.7. The van der Waals surface area contributed by atoms with Gasteiger partial charge in [-0.2, -0.15) is 0 Å². The topological polar surface area (TPSA) is 0 Å². The molecule has 2 aromatic rings. The standard InChI is InChI=1S/C26H33F/c1-2-3-6-21-8-12-23(13-9-21)25-16-18-26(19-17-25)24-14-10-22(11-15-24)7-4-5-20-27/h5,8-9,12-13,16-20,22,24H,2-4,6-7,10-11,14-15H2,1H3. The minimum Gasteiger partial charge on any atom is -0.216 e. The van der Waals surface area contributed by atoms with Crippen LogP contribution in [0, 0.1) is 5.92 Å². The average Bonchev–Trinajstić information content (AvgIpc) is 2.73. The second-order valence-corrected chi connectivity index (χ2v) is 8.08. The van der Waals surface area contributed by atoms with E-state index in [0.29, 0.717) is 12.2 Å². The van der Waals surface area contributed by atoms with Crippen molar-refractivity contribution in [1.29, 1.82) is 0 Å². The number of hydrogen-bond acceptors (Lipinski definition) is 0. The van der Waals surface area contributed by atoms with Crippen LogP contribution < -0.4 is 0 Å². The molecule has 2 aromatic carbocycles. The Morgan fingerprint density at radius 3 is 2.11 bits per heavy atom. The third kappa shape index (κ3) is 5.79. The van der Waals surface area contributed by atoms with Crippen molar-refractivity contribution < 1.29 is 4.39 Å². The normalized spacial score (nSPS) is 20.2. The van der Waals surface area contributed by atoms with Gasteiger partial charge in [0.25, 0.3) is 0 Å². The maximum absolute atomic E-state index is 12.1. The van der Waals surface area contributed by atoms with E-state index in [1.807, 2.05) is 0 Å². The molecule has 0 N–H and O–H groups in total. The Hall–Kier alpha value is -1.89. The summed E-state index contributed by atoms with van der Waals surface area (Å²) in [6.45, 7) is 2.24. The fourth-order valence-corrected chi connectivity index (χ4v) is 4.37. The molecule has 0 saturated heterocycles. The molecule has 3 rings (SSSR count). The number of allylic oxidation sites excluding steroid dienone is 1. The number of rotatable bonds is 8. The second-order valence-electron chi connectivity index (χ2n) is 8.08. The summed E-state index contributed by atoms with van der Waals surface area (Å²) in [4.78, 5) is 0. The highest BCUT2D eigenvalue weighted by atomic mass is 19.1. The molecule has 0 atom stereocenters. The van der Waals surface area contributed by atoms with Gasteiger partial charge in [-0.1, -0.05) is 68.0 Å². The van der Waals surface area contributed by atoms with Gasteiger partial charge >= 0.3 is 0 Å². The van der Waals surface area contributed by atoms with Crippen LogP contribution in [0.5, 0.6) is 0 Å². The zero-order chi connectivity index (χ0) is 18.9. The minimum atomic E-state index is 0.686. The van der Waals surface area contributed by atoms with Crippen molar-refractivity contribution in [2.24, 2.45) is 5.92 Å². The fourth-order valence-electron chi connectivity index (χ4n) is 4.37. The van der Waals surface area contributed by atoms with E-state index < -0.39 is 0 Å². The average molecular weight is 365 g/mol. The van der Waals surface area contributed by atoms with Gasteiger partial charge in [-0.3, -0.25) is 0 Å². The smallest absolute Gasteiger partial charge is 0.0827 e. The van der Waals surface area contributed by atoms with E-state index in [1.165, 1.54) is 67.2 Å². The zero-order valence-electron chi connectivity index (χ0n) is 16.7. The number of unbranched alkanes of at least 4 members (excludes halogenated alkanes) is 1. The lowest BCUT2D eigenvalue weighted by Gasteiger charge is -2.28. The number of aryl methyl sites for hydroxylation is 1. The maximum atomic E-state index is 12.1. The van der Waals surface area contributed by atoms with Gasteiger partial charge in [0.1, 0.15) is 0 Å². The lowest BCUT2D eigenvalue weighted by molar-refractivity contribution is 0.311. The molecule has 27 heavy (non-hydrogen) atoms. The van der Waals surface area contributed by atoms with Crippen LogP contribution >= 0.6 is 0 Å². The molecule has 0 heterocycles. The highest BCUT2D eigenvalue weighted by Crippen LogP contribution is 2.38. The van der Waals surface area contributed by atoms with Crippen LogP contribution in [-0.2, 0) is 6.42 Å². The molecule has 1 aliphatic carbocycles. The van der Waals surface area contributed by atoms with Crippen LogP contribution in [0.3, 0.4) is 0 Å². The van der Waals surface area contributed by atoms with Crippen molar-refractivity contribution in [3.05, 3.63) is 72.1 Å². The molecule has 0 bridgehead atoms. The summed E-state index contributed by atoms with van der Waals surface area (Å²) in [5.41, 5.74) is 5.55. The Kier molecular flexibility index (Phi) is 7.68. The van der Waals surface area contributed by atoms with Crippen LogP contribution in [0.15, 0.2) is 60.9 Å². The summed E-state index contributed by atoms with van der Waals surface area (Å²) in [6, 6.07) is 18.3. The minimum absolute atomic E-state index is 0.686. The highest BCUT2D eigenvalue weighted by Gasteiger charge is 2.21. The molecule has 0 radical (unpaired) electrons. The quantitative estimate of drug-likeness (QED) is 0.442. The molecule has 0 spiro atoms. The summed E-state index contributed by atoms with van der Waals surface area (Å²) >= 11 is 0. The fraction of sp³-hybridized carbons (Fsp3) is 0.462. The number of benzene rings is 2. The first kappa shape index (κ1) is 19.9. The van der Waals surface area contributed by atoms with Gasteiger partial charge < -0.3 is 0 Å². The molecule has 1 fully saturated rings. The predicted molar refractivity (Wildman–Crippen MR) is 115 cm³/mol. The van der Waals surface area contributed by atoms with E-state index in [2.05, 4.69) is 55.5 Å². The van der Waals surface area contributed by atoms with Crippen LogP contribution in [0.4, 0.5) is 4.39 Å². The molecular weight excluding hydrogens is 331 g/mol. The second kappa shape index (κ2) is 10.4. The van der Waals surface area contributed by atoms with Gasteiger partial charge in [0, 0.05) is 0 Å². The molecule has 0 nitrogen and oxygen atoms in total.